The van der Waals surface area contributed by atoms with E-state index >= 15 is 0 Å². The third-order valence-corrected chi connectivity index (χ3v) is 9.86. The average Bonchev–Trinajstić information content (AvgIpc) is 3.66. The minimum atomic E-state index is 0.172. The van der Waals surface area contributed by atoms with E-state index in [9.17, 15) is 0 Å². The number of rotatable bonds is 10. The van der Waals surface area contributed by atoms with Crippen LogP contribution in [0.1, 0.15) is 97.2 Å². The Kier molecular flexibility index (Phi) is 13.3. The molecule has 1 fully saturated rings. The van der Waals surface area contributed by atoms with Crippen LogP contribution in [0.15, 0.2) is 85.7 Å². The average molecular weight is 627 g/mol. The molecule has 3 aliphatic rings. The summed E-state index contributed by atoms with van der Waals surface area (Å²) in [6.45, 7) is 12.9. The fourth-order valence-electron chi connectivity index (χ4n) is 5.88. The van der Waals surface area contributed by atoms with Crippen LogP contribution in [0, 0.1) is 24.2 Å². The number of nitrogens with one attached hydrogen (secondary N) is 1. The monoisotopic (exact) mass is 626 g/mol. The van der Waals surface area contributed by atoms with Crippen molar-refractivity contribution in [3.63, 3.8) is 0 Å². The minimum Gasteiger partial charge on any atom is -0.374 e. The lowest BCUT2D eigenvalue weighted by Crippen LogP contribution is -2.19. The van der Waals surface area contributed by atoms with Crippen LogP contribution in [-0.2, 0) is 10.5 Å². The second kappa shape index (κ2) is 17.4. The SMILES string of the molecule is CCC/C=C(/C1=CCC(C#N)CC1)C1=C(C)NC=N/C1=C(/C)CC.Cc1noc(-c2ccccc2)c1CSCC1CCC(C)O1. The van der Waals surface area contributed by atoms with Gasteiger partial charge in [0, 0.05) is 33.9 Å². The molecule has 3 heterocycles. The fourth-order valence-corrected chi connectivity index (χ4v) is 7.05. The maximum Gasteiger partial charge on any atom is 0.171 e. The van der Waals surface area contributed by atoms with E-state index < -0.39 is 0 Å². The number of nitriles is 1. The molecule has 0 radical (unpaired) electrons. The largest absolute Gasteiger partial charge is 0.374 e. The molecule has 0 spiro atoms. The van der Waals surface area contributed by atoms with Gasteiger partial charge in [0.05, 0.1) is 41.9 Å². The van der Waals surface area contributed by atoms with Gasteiger partial charge in [0.25, 0.3) is 0 Å². The predicted octanol–water partition coefficient (Wildman–Crippen LogP) is 10.0. The summed E-state index contributed by atoms with van der Waals surface area (Å²) in [6, 6.07) is 12.6. The molecule has 1 aliphatic carbocycles. The van der Waals surface area contributed by atoms with Gasteiger partial charge in [0.15, 0.2) is 5.76 Å². The number of benzene rings is 1. The van der Waals surface area contributed by atoms with Crippen LogP contribution in [0.25, 0.3) is 11.3 Å². The predicted molar refractivity (Wildman–Crippen MR) is 188 cm³/mol. The van der Waals surface area contributed by atoms with Crippen LogP contribution in [-0.4, -0.2) is 29.5 Å². The second-order valence-corrected chi connectivity index (χ2v) is 13.3. The van der Waals surface area contributed by atoms with E-state index in [1.165, 1.54) is 46.4 Å². The number of allylic oxidation sites excluding steroid dienone is 6. The Balaban J connectivity index is 0.000000206. The van der Waals surface area contributed by atoms with Crippen LogP contribution in [0.5, 0.6) is 0 Å². The number of aliphatic imine (C=N–C) groups is 1. The summed E-state index contributed by atoms with van der Waals surface area (Å²) in [5.41, 5.74) is 10.8. The summed E-state index contributed by atoms with van der Waals surface area (Å²) in [6.07, 6.45) is 15.6. The third-order valence-electron chi connectivity index (χ3n) is 8.76. The smallest absolute Gasteiger partial charge is 0.171 e. The molecule has 7 heteroatoms. The maximum atomic E-state index is 9.16. The summed E-state index contributed by atoms with van der Waals surface area (Å²) in [5.74, 6) is 3.05. The number of hydrogen-bond donors (Lipinski definition) is 1. The van der Waals surface area contributed by atoms with Crippen molar-refractivity contribution in [2.24, 2.45) is 10.9 Å². The Labute approximate surface area is 274 Å². The van der Waals surface area contributed by atoms with Crippen molar-refractivity contribution in [2.45, 2.75) is 111 Å². The molecule has 1 aromatic carbocycles. The molecule has 240 valence electrons. The first-order chi connectivity index (χ1) is 21.9. The van der Waals surface area contributed by atoms with Crippen molar-refractivity contribution >= 4 is 18.1 Å². The van der Waals surface area contributed by atoms with Gasteiger partial charge in [0.2, 0.25) is 0 Å². The van der Waals surface area contributed by atoms with Crippen molar-refractivity contribution in [3.05, 3.63) is 87.4 Å². The third kappa shape index (κ3) is 9.34. The summed E-state index contributed by atoms with van der Waals surface area (Å²) in [7, 11) is 0. The number of thioether (sulfide) groups is 1. The Morgan fingerprint density at radius 2 is 1.96 bits per heavy atom. The van der Waals surface area contributed by atoms with E-state index in [1.807, 2.05) is 36.9 Å². The van der Waals surface area contributed by atoms with E-state index in [-0.39, 0.29) is 5.92 Å². The summed E-state index contributed by atoms with van der Waals surface area (Å²) < 4.78 is 11.4. The normalized spacial score (nSPS) is 22.7. The standard InChI is InChI=1S/C21H29N3.C17H21NO2S/c1-5-7-8-19(18-11-9-17(13-22)10-12-18)20-16(4)23-14-24-21(20)15(3)6-2;1-12-8-9-15(19-12)10-21-11-16-13(2)18-20-17(16)14-6-4-3-5-7-14/h8,11,14,17H,5-7,9-10,12H2,1-4H3,(H,23,24);3-7,12,15H,8-11H2,1-2H3/b19-8-,21-15-;. The van der Waals surface area contributed by atoms with Crippen molar-refractivity contribution in [2.75, 3.05) is 5.75 Å². The first kappa shape index (κ1) is 34.5. The quantitative estimate of drug-likeness (QED) is 0.283. The molecule has 5 rings (SSSR count). The fraction of sp³-hybridized carbons (Fsp3) is 0.500. The lowest BCUT2D eigenvalue weighted by molar-refractivity contribution is 0.0700. The molecule has 0 saturated carbocycles. The van der Waals surface area contributed by atoms with Gasteiger partial charge in [-0.2, -0.15) is 17.0 Å². The molecule has 0 amide bonds. The van der Waals surface area contributed by atoms with Crippen molar-refractivity contribution in [1.29, 1.82) is 5.26 Å². The van der Waals surface area contributed by atoms with Gasteiger partial charge in [0.1, 0.15) is 0 Å². The zero-order valence-corrected chi connectivity index (χ0v) is 28.8. The summed E-state index contributed by atoms with van der Waals surface area (Å²) in [5, 5.41) is 16.6. The first-order valence-corrected chi connectivity index (χ1v) is 17.7. The molecule has 3 unspecified atom stereocenters. The van der Waals surface area contributed by atoms with Crippen LogP contribution < -0.4 is 5.32 Å². The molecular weight excluding hydrogens is 577 g/mol. The van der Waals surface area contributed by atoms with E-state index in [0.717, 1.165) is 72.7 Å². The van der Waals surface area contributed by atoms with E-state index in [1.54, 1.807) is 6.34 Å². The highest BCUT2D eigenvalue weighted by atomic mass is 32.2. The Bertz CT molecular complexity index is 1470. The van der Waals surface area contributed by atoms with Gasteiger partial charge in [-0.05, 0) is 89.4 Å². The highest BCUT2D eigenvalue weighted by molar-refractivity contribution is 7.98. The highest BCUT2D eigenvalue weighted by Crippen LogP contribution is 2.38. The molecule has 2 aliphatic heterocycles. The maximum absolute atomic E-state index is 9.16. The summed E-state index contributed by atoms with van der Waals surface area (Å²) in [4.78, 5) is 4.65. The highest BCUT2D eigenvalue weighted by Gasteiger charge is 2.24. The molecule has 45 heavy (non-hydrogen) atoms. The van der Waals surface area contributed by atoms with Crippen LogP contribution in [0.4, 0.5) is 0 Å². The van der Waals surface area contributed by atoms with Gasteiger partial charge in [-0.3, -0.25) is 0 Å². The van der Waals surface area contributed by atoms with E-state index in [2.05, 4.69) is 80.4 Å². The van der Waals surface area contributed by atoms with Crippen LogP contribution >= 0.6 is 11.8 Å². The minimum absolute atomic E-state index is 0.172. The van der Waals surface area contributed by atoms with Gasteiger partial charge < -0.3 is 14.6 Å². The van der Waals surface area contributed by atoms with E-state index in [4.69, 9.17) is 14.5 Å². The Morgan fingerprint density at radius 1 is 1.16 bits per heavy atom. The van der Waals surface area contributed by atoms with Crippen molar-refractivity contribution < 1.29 is 9.26 Å². The molecule has 2 aromatic rings. The zero-order chi connectivity index (χ0) is 32.2. The van der Waals surface area contributed by atoms with Gasteiger partial charge in [-0.25, -0.2) is 4.99 Å². The number of aromatic nitrogens is 1. The number of nitrogens with zero attached hydrogens (tertiary/aromatic N) is 3. The molecule has 3 atom stereocenters. The molecule has 1 saturated heterocycles. The number of aryl methyl sites for hydroxylation is 1. The van der Waals surface area contributed by atoms with Gasteiger partial charge in [-0.1, -0.05) is 67.9 Å². The molecule has 1 N–H and O–H groups in total. The topological polar surface area (TPSA) is 83.4 Å². The lowest BCUT2D eigenvalue weighted by atomic mass is 9.82. The lowest BCUT2D eigenvalue weighted by Gasteiger charge is -2.26. The Hall–Kier alpha value is -3.34. The zero-order valence-electron chi connectivity index (χ0n) is 28.0. The molecular formula is C38H50N4O2S. The first-order valence-electron chi connectivity index (χ1n) is 16.6. The van der Waals surface area contributed by atoms with Crippen molar-refractivity contribution in [3.8, 4) is 17.4 Å². The second-order valence-electron chi connectivity index (χ2n) is 12.2. The van der Waals surface area contributed by atoms with Gasteiger partial charge in [-0.15, -0.1) is 0 Å². The number of ether oxygens (including phenoxy) is 1. The molecule has 1 aromatic heterocycles. The van der Waals surface area contributed by atoms with Crippen molar-refractivity contribution in [1.82, 2.24) is 10.5 Å². The van der Waals surface area contributed by atoms with Crippen LogP contribution in [0.2, 0.25) is 0 Å². The molecule has 0 bridgehead atoms. The Morgan fingerprint density at radius 3 is 2.60 bits per heavy atom. The van der Waals surface area contributed by atoms with E-state index in [0.29, 0.717) is 12.2 Å². The number of hydrogen-bond acceptors (Lipinski definition) is 7. The summed E-state index contributed by atoms with van der Waals surface area (Å²) >= 11 is 1.91. The van der Waals surface area contributed by atoms with Gasteiger partial charge >= 0.3 is 0 Å². The molecule has 6 nitrogen and oxygen atoms in total. The van der Waals surface area contributed by atoms with Crippen LogP contribution in [0.3, 0.4) is 0 Å². The number of unbranched alkanes of at least 4 members (excludes halogenated alkanes) is 1.